The van der Waals surface area contributed by atoms with Gasteiger partial charge in [0.15, 0.2) is 0 Å². The van der Waals surface area contributed by atoms with Gasteiger partial charge in [-0.3, -0.25) is 14.3 Å². The van der Waals surface area contributed by atoms with Crippen LogP contribution >= 0.6 is 0 Å². The lowest BCUT2D eigenvalue weighted by atomic mass is 10.1. The van der Waals surface area contributed by atoms with Crippen LogP contribution in [0.1, 0.15) is 11.1 Å². The van der Waals surface area contributed by atoms with Crippen molar-refractivity contribution >= 4 is 10.9 Å². The molecule has 2 heterocycles. The summed E-state index contributed by atoms with van der Waals surface area (Å²) in [6.45, 7) is 1.19. The third-order valence-electron chi connectivity index (χ3n) is 4.09. The van der Waals surface area contributed by atoms with E-state index in [1.165, 1.54) is 17.2 Å². The van der Waals surface area contributed by atoms with Crippen LogP contribution in [0.5, 0.6) is 0 Å². The molecular formula is C18H20N4O2. The van der Waals surface area contributed by atoms with Crippen LogP contribution in [0.2, 0.25) is 0 Å². The number of aryl methyl sites for hydroxylation is 1. The molecule has 0 saturated carbocycles. The lowest BCUT2D eigenvalue weighted by Crippen LogP contribution is -2.39. The lowest BCUT2D eigenvalue weighted by Gasteiger charge is -2.08. The normalized spacial score (nSPS) is 11.1. The Labute approximate surface area is 139 Å². The molecule has 0 aliphatic rings. The summed E-state index contributed by atoms with van der Waals surface area (Å²) in [7, 11) is 3.14. The van der Waals surface area contributed by atoms with E-state index in [4.69, 9.17) is 0 Å². The predicted molar refractivity (Wildman–Crippen MR) is 94.1 cm³/mol. The second-order valence-corrected chi connectivity index (χ2v) is 5.87. The van der Waals surface area contributed by atoms with Crippen LogP contribution in [0.25, 0.3) is 10.9 Å². The van der Waals surface area contributed by atoms with Gasteiger partial charge in [-0.15, -0.1) is 0 Å². The van der Waals surface area contributed by atoms with E-state index in [9.17, 15) is 9.59 Å². The van der Waals surface area contributed by atoms with Gasteiger partial charge in [0.2, 0.25) is 0 Å². The summed E-state index contributed by atoms with van der Waals surface area (Å²) >= 11 is 0. The minimum Gasteiger partial charge on any atom is -0.312 e. The standard InChI is InChI=1S/C18H20N4O2/c1-21-12-15(17(23)22(2)18(21)24)11-19-9-7-13-5-6-16-14(10-13)4-3-8-20-16/h3-6,8,10,12,19H,7,9,11H2,1-2H3. The fraction of sp³-hybridized carbons (Fsp3) is 0.278. The van der Waals surface area contributed by atoms with Crippen molar-refractivity contribution < 1.29 is 0 Å². The number of pyridine rings is 1. The number of aromatic nitrogens is 3. The number of hydrogen-bond acceptors (Lipinski definition) is 4. The van der Waals surface area contributed by atoms with Gasteiger partial charge in [0.1, 0.15) is 0 Å². The van der Waals surface area contributed by atoms with Gasteiger partial charge >= 0.3 is 5.69 Å². The van der Waals surface area contributed by atoms with E-state index in [0.29, 0.717) is 12.1 Å². The highest BCUT2D eigenvalue weighted by Gasteiger charge is 2.06. The van der Waals surface area contributed by atoms with Crippen molar-refractivity contribution in [3.05, 3.63) is 74.7 Å². The van der Waals surface area contributed by atoms with Crippen molar-refractivity contribution in [2.45, 2.75) is 13.0 Å². The summed E-state index contributed by atoms with van der Waals surface area (Å²) in [5.41, 5.74) is 2.23. The molecule has 0 spiro atoms. The average Bonchev–Trinajstić information content (AvgIpc) is 2.60. The molecule has 6 heteroatoms. The van der Waals surface area contributed by atoms with Crippen LogP contribution in [0, 0.1) is 0 Å². The third kappa shape index (κ3) is 3.28. The molecule has 0 aliphatic heterocycles. The molecule has 6 nitrogen and oxygen atoms in total. The van der Waals surface area contributed by atoms with Crippen molar-refractivity contribution in [1.82, 2.24) is 19.4 Å². The Morgan fingerprint density at radius 3 is 2.83 bits per heavy atom. The number of benzene rings is 1. The van der Waals surface area contributed by atoms with Gasteiger partial charge in [0.25, 0.3) is 5.56 Å². The third-order valence-corrected chi connectivity index (χ3v) is 4.09. The molecule has 3 rings (SSSR count). The van der Waals surface area contributed by atoms with Gasteiger partial charge in [-0.2, -0.15) is 0 Å². The first-order valence-corrected chi connectivity index (χ1v) is 7.86. The monoisotopic (exact) mass is 324 g/mol. The molecule has 0 saturated heterocycles. The van der Waals surface area contributed by atoms with Gasteiger partial charge in [-0.1, -0.05) is 12.1 Å². The number of hydrogen-bond donors (Lipinski definition) is 1. The van der Waals surface area contributed by atoms with Crippen molar-refractivity contribution in [3.63, 3.8) is 0 Å². The zero-order valence-corrected chi connectivity index (χ0v) is 13.8. The van der Waals surface area contributed by atoms with Crippen molar-refractivity contribution in [2.75, 3.05) is 6.54 Å². The minimum atomic E-state index is -0.312. The summed E-state index contributed by atoms with van der Waals surface area (Å²) < 4.78 is 2.56. The van der Waals surface area contributed by atoms with Crippen LogP contribution in [0.4, 0.5) is 0 Å². The summed E-state index contributed by atoms with van der Waals surface area (Å²) in [5, 5.41) is 4.40. The molecule has 0 fully saturated rings. The maximum Gasteiger partial charge on any atom is 0.330 e. The first kappa shape index (κ1) is 16.1. The van der Waals surface area contributed by atoms with E-state index in [0.717, 1.165) is 28.4 Å². The van der Waals surface area contributed by atoms with Gasteiger partial charge in [0, 0.05) is 44.0 Å². The molecule has 1 aromatic carbocycles. The van der Waals surface area contributed by atoms with Crippen molar-refractivity contribution in [2.24, 2.45) is 14.1 Å². The predicted octanol–water partition coefficient (Wildman–Crippen LogP) is 0.965. The molecule has 0 bridgehead atoms. The molecule has 124 valence electrons. The van der Waals surface area contributed by atoms with Gasteiger partial charge in [-0.25, -0.2) is 4.79 Å². The summed E-state index contributed by atoms with van der Waals surface area (Å²) in [4.78, 5) is 28.0. The van der Waals surface area contributed by atoms with E-state index in [-0.39, 0.29) is 11.2 Å². The summed E-state index contributed by atoms with van der Waals surface area (Å²) in [6.07, 6.45) is 4.24. The smallest absolute Gasteiger partial charge is 0.312 e. The van der Waals surface area contributed by atoms with E-state index < -0.39 is 0 Å². The molecule has 0 amide bonds. The van der Waals surface area contributed by atoms with Crippen LogP contribution in [0.15, 0.2) is 52.3 Å². The van der Waals surface area contributed by atoms with Gasteiger partial charge in [-0.05, 0) is 36.7 Å². The molecule has 2 aromatic heterocycles. The maximum atomic E-state index is 12.1. The Balaban J connectivity index is 1.63. The fourth-order valence-electron chi connectivity index (χ4n) is 2.74. The SMILES string of the molecule is Cn1cc(CNCCc2ccc3ncccc3c2)c(=O)n(C)c1=O. The molecule has 1 N–H and O–H groups in total. The van der Waals surface area contributed by atoms with E-state index in [2.05, 4.69) is 22.4 Å². The highest BCUT2D eigenvalue weighted by molar-refractivity contribution is 5.78. The van der Waals surface area contributed by atoms with E-state index >= 15 is 0 Å². The molecule has 0 aliphatic carbocycles. The molecular weight excluding hydrogens is 304 g/mol. The number of rotatable bonds is 5. The second-order valence-electron chi connectivity index (χ2n) is 5.87. The Kier molecular flexibility index (Phi) is 4.57. The van der Waals surface area contributed by atoms with Crippen LogP contribution < -0.4 is 16.6 Å². The lowest BCUT2D eigenvalue weighted by molar-refractivity contribution is 0.630. The quantitative estimate of drug-likeness (QED) is 0.710. The summed E-state index contributed by atoms with van der Waals surface area (Å²) in [5.74, 6) is 0. The Bertz CT molecular complexity index is 988. The van der Waals surface area contributed by atoms with Crippen molar-refractivity contribution in [1.29, 1.82) is 0 Å². The van der Waals surface area contributed by atoms with E-state index in [1.807, 2.05) is 18.2 Å². The van der Waals surface area contributed by atoms with E-state index in [1.54, 1.807) is 19.4 Å². The molecule has 0 radical (unpaired) electrons. The molecule has 3 aromatic rings. The largest absolute Gasteiger partial charge is 0.330 e. The number of nitrogens with one attached hydrogen (secondary N) is 1. The molecule has 24 heavy (non-hydrogen) atoms. The second kappa shape index (κ2) is 6.80. The minimum absolute atomic E-state index is 0.248. The van der Waals surface area contributed by atoms with Gasteiger partial charge in [0.05, 0.1) is 5.52 Å². The topological polar surface area (TPSA) is 68.9 Å². The first-order chi connectivity index (χ1) is 11.6. The zero-order valence-electron chi connectivity index (χ0n) is 13.8. The fourth-order valence-corrected chi connectivity index (χ4v) is 2.74. The van der Waals surface area contributed by atoms with Crippen molar-refractivity contribution in [3.8, 4) is 0 Å². The first-order valence-electron chi connectivity index (χ1n) is 7.86. The number of nitrogens with zero attached hydrogens (tertiary/aromatic N) is 3. The number of fused-ring (bicyclic) bond motifs is 1. The van der Waals surface area contributed by atoms with Crippen LogP contribution in [0.3, 0.4) is 0 Å². The highest BCUT2D eigenvalue weighted by atomic mass is 16.2. The Morgan fingerprint density at radius 1 is 1.17 bits per heavy atom. The Morgan fingerprint density at radius 2 is 2.00 bits per heavy atom. The molecule has 0 unspecified atom stereocenters. The summed E-state index contributed by atoms with van der Waals surface area (Å²) in [6, 6.07) is 10.2. The van der Waals surface area contributed by atoms with Crippen LogP contribution in [-0.2, 0) is 27.1 Å². The Hall–Kier alpha value is -2.73. The average molecular weight is 324 g/mol. The van der Waals surface area contributed by atoms with Crippen LogP contribution in [-0.4, -0.2) is 20.7 Å². The van der Waals surface area contributed by atoms with Gasteiger partial charge < -0.3 is 9.88 Å². The highest BCUT2D eigenvalue weighted by Crippen LogP contribution is 2.13. The zero-order chi connectivity index (χ0) is 17.1. The molecule has 0 atom stereocenters. The maximum absolute atomic E-state index is 12.1.